The lowest BCUT2D eigenvalue weighted by atomic mass is 10.0. The first-order valence-corrected chi connectivity index (χ1v) is 16.0. The molecule has 3 amide bonds. The minimum atomic E-state index is -1.24. The molecule has 0 aliphatic carbocycles. The first kappa shape index (κ1) is 34.9. The Kier molecular flexibility index (Phi) is 13.7. The molecule has 0 bridgehead atoms. The Balaban J connectivity index is 1.72. The SMILES string of the molecule is CSCCC(NC(=O)C(CCCN=C(N)N)NC(=O)C(N)Cc1ccccc1)C(=O)NC(Cc1c[nH]c2ccccc12)C(=O)O. The number of aliphatic imine (C=N–C) groups is 1. The van der Waals surface area contributed by atoms with Gasteiger partial charge in [-0.25, -0.2) is 4.79 Å². The Hall–Kier alpha value is -4.56. The van der Waals surface area contributed by atoms with Crippen molar-refractivity contribution in [3.05, 3.63) is 71.9 Å². The lowest BCUT2D eigenvalue weighted by Crippen LogP contribution is -2.57. The van der Waals surface area contributed by atoms with Crippen LogP contribution in [-0.2, 0) is 32.0 Å². The Labute approximate surface area is 266 Å². The van der Waals surface area contributed by atoms with Crippen molar-refractivity contribution in [1.29, 1.82) is 0 Å². The number of rotatable bonds is 18. The van der Waals surface area contributed by atoms with E-state index in [1.54, 1.807) is 6.20 Å². The largest absolute Gasteiger partial charge is 0.480 e. The molecule has 4 unspecified atom stereocenters. The molecule has 0 aliphatic rings. The van der Waals surface area contributed by atoms with Crippen molar-refractivity contribution in [2.75, 3.05) is 18.6 Å². The number of fused-ring (bicyclic) bond motifs is 1. The Bertz CT molecular complexity index is 1460. The third-order valence-electron chi connectivity index (χ3n) is 7.17. The monoisotopic (exact) mass is 638 g/mol. The van der Waals surface area contributed by atoms with E-state index in [-0.39, 0.29) is 38.2 Å². The van der Waals surface area contributed by atoms with E-state index in [0.717, 1.165) is 22.0 Å². The maximum atomic E-state index is 13.5. The minimum absolute atomic E-state index is 0.0387. The van der Waals surface area contributed by atoms with E-state index in [4.69, 9.17) is 17.2 Å². The van der Waals surface area contributed by atoms with Crippen LogP contribution in [0.1, 0.15) is 30.4 Å². The van der Waals surface area contributed by atoms with Crippen molar-refractivity contribution >= 4 is 52.3 Å². The highest BCUT2D eigenvalue weighted by Gasteiger charge is 2.30. The number of carbonyl (C=O) groups excluding carboxylic acids is 3. The van der Waals surface area contributed by atoms with Gasteiger partial charge in [-0.1, -0.05) is 48.5 Å². The average molecular weight is 639 g/mol. The summed E-state index contributed by atoms with van der Waals surface area (Å²) in [5.41, 5.74) is 19.4. The molecule has 11 N–H and O–H groups in total. The maximum absolute atomic E-state index is 13.5. The number of carboxylic acids is 1. The minimum Gasteiger partial charge on any atom is -0.480 e. The summed E-state index contributed by atoms with van der Waals surface area (Å²) in [4.78, 5) is 59.2. The van der Waals surface area contributed by atoms with Gasteiger partial charge in [-0.05, 0) is 54.9 Å². The lowest BCUT2D eigenvalue weighted by Gasteiger charge is -2.25. The van der Waals surface area contributed by atoms with Crippen molar-refractivity contribution in [1.82, 2.24) is 20.9 Å². The maximum Gasteiger partial charge on any atom is 0.326 e. The van der Waals surface area contributed by atoms with Crippen LogP contribution < -0.4 is 33.2 Å². The molecule has 3 rings (SSSR count). The van der Waals surface area contributed by atoms with Crippen LogP contribution in [0.2, 0.25) is 0 Å². The highest BCUT2D eigenvalue weighted by atomic mass is 32.2. The number of nitrogens with one attached hydrogen (secondary N) is 4. The van der Waals surface area contributed by atoms with Crippen LogP contribution in [0.15, 0.2) is 65.8 Å². The summed E-state index contributed by atoms with van der Waals surface area (Å²) in [6.07, 6.45) is 4.64. The van der Waals surface area contributed by atoms with E-state index in [1.165, 1.54) is 11.8 Å². The second-order valence-corrected chi connectivity index (χ2v) is 11.6. The van der Waals surface area contributed by atoms with Crippen LogP contribution in [0.4, 0.5) is 0 Å². The third kappa shape index (κ3) is 11.1. The van der Waals surface area contributed by atoms with E-state index in [2.05, 4.69) is 25.9 Å². The molecule has 0 aliphatic heterocycles. The molecule has 0 saturated carbocycles. The number of benzene rings is 2. The van der Waals surface area contributed by atoms with Gasteiger partial charge < -0.3 is 43.2 Å². The molecule has 0 spiro atoms. The van der Waals surface area contributed by atoms with Crippen molar-refractivity contribution in [3.63, 3.8) is 0 Å². The number of hydrogen-bond acceptors (Lipinski definition) is 7. The van der Waals surface area contributed by atoms with Gasteiger partial charge in [0.1, 0.15) is 18.1 Å². The van der Waals surface area contributed by atoms with Crippen molar-refractivity contribution < 1.29 is 24.3 Å². The zero-order valence-corrected chi connectivity index (χ0v) is 26.0. The molecular weight excluding hydrogens is 596 g/mol. The summed E-state index contributed by atoms with van der Waals surface area (Å²) >= 11 is 1.47. The second kappa shape index (κ2) is 17.7. The molecule has 3 aromatic rings. The fourth-order valence-corrected chi connectivity index (χ4v) is 5.25. The number of para-hydroxylation sites is 1. The third-order valence-corrected chi connectivity index (χ3v) is 7.81. The van der Waals surface area contributed by atoms with Gasteiger partial charge in [0.15, 0.2) is 5.96 Å². The van der Waals surface area contributed by atoms with Crippen LogP contribution in [0.5, 0.6) is 0 Å². The van der Waals surface area contributed by atoms with Crippen molar-refractivity contribution in [2.45, 2.75) is 56.3 Å². The van der Waals surface area contributed by atoms with Crippen molar-refractivity contribution in [3.8, 4) is 0 Å². The van der Waals surface area contributed by atoms with Gasteiger partial charge >= 0.3 is 5.97 Å². The number of carboxylic acid groups (broad SMARTS) is 1. The van der Waals surface area contributed by atoms with Gasteiger partial charge in [0.25, 0.3) is 0 Å². The Morgan fingerprint density at radius 3 is 2.16 bits per heavy atom. The molecule has 1 aromatic heterocycles. The number of aromatic amines is 1. The van der Waals surface area contributed by atoms with E-state index in [0.29, 0.717) is 12.2 Å². The number of nitrogens with zero attached hydrogens (tertiary/aromatic N) is 1. The van der Waals surface area contributed by atoms with Gasteiger partial charge in [0, 0.05) is 30.1 Å². The second-order valence-electron chi connectivity index (χ2n) is 10.6. The number of amides is 3. The van der Waals surface area contributed by atoms with Gasteiger partial charge in [-0.3, -0.25) is 19.4 Å². The fourth-order valence-electron chi connectivity index (χ4n) is 4.78. The summed E-state index contributed by atoms with van der Waals surface area (Å²) < 4.78 is 0. The number of guanidine groups is 1. The highest BCUT2D eigenvalue weighted by molar-refractivity contribution is 7.98. The Morgan fingerprint density at radius 2 is 1.49 bits per heavy atom. The van der Waals surface area contributed by atoms with Gasteiger partial charge in [0.05, 0.1) is 6.04 Å². The number of aromatic nitrogens is 1. The quantitative estimate of drug-likeness (QED) is 0.0554. The van der Waals surface area contributed by atoms with Crippen LogP contribution in [-0.4, -0.2) is 82.5 Å². The summed E-state index contributed by atoms with van der Waals surface area (Å²) in [6, 6.07) is 12.5. The van der Waals surface area contributed by atoms with E-state index < -0.39 is 47.9 Å². The zero-order valence-electron chi connectivity index (χ0n) is 25.2. The Morgan fingerprint density at radius 1 is 0.867 bits per heavy atom. The molecule has 0 fully saturated rings. The zero-order chi connectivity index (χ0) is 32.8. The topological polar surface area (TPSA) is 231 Å². The first-order chi connectivity index (χ1) is 21.6. The number of aliphatic carboxylic acids is 1. The molecule has 1 heterocycles. The summed E-state index contributed by atoms with van der Waals surface area (Å²) in [6.45, 7) is 0.225. The molecule has 13 nitrogen and oxygen atoms in total. The van der Waals surface area contributed by atoms with Crippen LogP contribution >= 0.6 is 11.8 Å². The molecule has 2 aromatic carbocycles. The number of H-pyrrole nitrogens is 1. The summed E-state index contributed by atoms with van der Waals surface area (Å²) in [5.74, 6) is -2.57. The van der Waals surface area contributed by atoms with Gasteiger partial charge in [-0.15, -0.1) is 0 Å². The molecule has 242 valence electrons. The van der Waals surface area contributed by atoms with Gasteiger partial charge in [-0.2, -0.15) is 11.8 Å². The van der Waals surface area contributed by atoms with Gasteiger partial charge in [0.2, 0.25) is 17.7 Å². The van der Waals surface area contributed by atoms with Crippen LogP contribution in [0, 0.1) is 0 Å². The standard InChI is InChI=1S/C31H42N8O5S/c1-45-15-13-25(29(42)39-26(30(43)44)17-20-18-36-23-11-6-5-10-21(20)23)38-28(41)24(12-7-14-35-31(33)34)37-27(40)22(32)16-19-8-3-2-4-9-19/h2-6,8-11,18,22,24-26,36H,7,12-17,32H2,1H3,(H,37,40)(H,38,41)(H,39,42)(H,43,44)(H4,33,34,35). The summed E-state index contributed by atoms with van der Waals surface area (Å²) in [7, 11) is 0. The average Bonchev–Trinajstić information content (AvgIpc) is 3.43. The highest BCUT2D eigenvalue weighted by Crippen LogP contribution is 2.19. The molecule has 4 atom stereocenters. The number of carbonyl (C=O) groups is 4. The molecule has 0 saturated heterocycles. The predicted octanol–water partition coefficient (Wildman–Crippen LogP) is 0.626. The van der Waals surface area contributed by atoms with Crippen LogP contribution in [0.3, 0.4) is 0 Å². The molecule has 45 heavy (non-hydrogen) atoms. The first-order valence-electron chi connectivity index (χ1n) is 14.6. The predicted molar refractivity (Wildman–Crippen MR) is 176 cm³/mol. The molecular formula is C31H42N8O5S. The van der Waals surface area contributed by atoms with E-state index >= 15 is 0 Å². The fraction of sp³-hybridized carbons (Fsp3) is 0.387. The number of nitrogens with two attached hydrogens (primary N) is 3. The smallest absolute Gasteiger partial charge is 0.326 e. The van der Waals surface area contributed by atoms with Crippen molar-refractivity contribution in [2.24, 2.45) is 22.2 Å². The molecule has 0 radical (unpaired) electrons. The normalized spacial score (nSPS) is 13.6. The van der Waals surface area contributed by atoms with E-state index in [1.807, 2.05) is 60.9 Å². The van der Waals surface area contributed by atoms with Crippen LogP contribution in [0.25, 0.3) is 10.9 Å². The number of hydrogen-bond donors (Lipinski definition) is 8. The lowest BCUT2D eigenvalue weighted by molar-refractivity contribution is -0.142. The summed E-state index contributed by atoms with van der Waals surface area (Å²) in [5, 5.41) is 18.8. The molecule has 14 heteroatoms. The van der Waals surface area contributed by atoms with E-state index in [9.17, 15) is 24.3 Å². The number of thioether (sulfide) groups is 1.